The first-order valence-corrected chi connectivity index (χ1v) is 7.05. The van der Waals surface area contributed by atoms with E-state index in [0.717, 1.165) is 12.1 Å². The van der Waals surface area contributed by atoms with Crippen LogP contribution in [0.2, 0.25) is 0 Å². The Morgan fingerprint density at radius 3 is 3.00 bits per heavy atom. The van der Waals surface area contributed by atoms with Crippen LogP contribution in [0.15, 0.2) is 12.3 Å². The van der Waals surface area contributed by atoms with Crippen LogP contribution in [0.1, 0.15) is 44.8 Å². The zero-order chi connectivity index (χ0) is 14.7. The van der Waals surface area contributed by atoms with Crippen molar-refractivity contribution in [3.8, 4) is 0 Å². The number of nitrogens with zero attached hydrogens (tertiary/aromatic N) is 3. The predicted molar refractivity (Wildman–Crippen MR) is 73.0 cm³/mol. The summed E-state index contributed by atoms with van der Waals surface area (Å²) in [5.41, 5.74) is 0.810. The number of piperidine rings is 1. The predicted octanol–water partition coefficient (Wildman–Crippen LogP) is 1.68. The van der Waals surface area contributed by atoms with Gasteiger partial charge in [0.05, 0.1) is 18.2 Å². The van der Waals surface area contributed by atoms with Gasteiger partial charge in [0.15, 0.2) is 0 Å². The molecule has 6 heteroatoms. The minimum Gasteiger partial charge on any atom is -0.481 e. The van der Waals surface area contributed by atoms with Crippen LogP contribution in [0.25, 0.3) is 0 Å². The number of amides is 1. The Kier molecular flexibility index (Phi) is 4.42. The molecule has 1 amide bonds. The molecule has 1 saturated heterocycles. The van der Waals surface area contributed by atoms with Crippen LogP contribution >= 0.6 is 0 Å². The maximum absolute atomic E-state index is 11.9. The van der Waals surface area contributed by atoms with Crippen molar-refractivity contribution in [2.24, 2.45) is 5.92 Å². The van der Waals surface area contributed by atoms with Crippen molar-refractivity contribution in [3.05, 3.63) is 18.0 Å². The number of hydrogen-bond acceptors (Lipinski definition) is 3. The molecule has 2 atom stereocenters. The lowest BCUT2D eigenvalue weighted by Gasteiger charge is -2.30. The number of likely N-dealkylation sites (tertiary alicyclic amines) is 1. The molecule has 0 saturated carbocycles. The molecule has 2 heterocycles. The lowest BCUT2D eigenvalue weighted by atomic mass is 9.98. The number of aliphatic carboxylic acids is 1. The quantitative estimate of drug-likeness (QED) is 0.889. The first kappa shape index (κ1) is 14.6. The van der Waals surface area contributed by atoms with E-state index in [1.165, 1.54) is 0 Å². The third-order valence-electron chi connectivity index (χ3n) is 3.91. The Labute approximate surface area is 118 Å². The molecule has 2 unspecified atom stereocenters. The third-order valence-corrected chi connectivity index (χ3v) is 3.91. The van der Waals surface area contributed by atoms with E-state index in [1.54, 1.807) is 4.90 Å². The van der Waals surface area contributed by atoms with Gasteiger partial charge in [0.1, 0.15) is 0 Å². The second kappa shape index (κ2) is 6.07. The van der Waals surface area contributed by atoms with Gasteiger partial charge in [-0.1, -0.05) is 6.92 Å². The molecule has 110 valence electrons. The van der Waals surface area contributed by atoms with Crippen molar-refractivity contribution in [2.75, 3.05) is 6.54 Å². The van der Waals surface area contributed by atoms with Crippen LogP contribution in [0.4, 0.5) is 0 Å². The fraction of sp³-hybridized carbons (Fsp3) is 0.643. The maximum atomic E-state index is 11.9. The number of aromatic nitrogens is 2. The Morgan fingerprint density at radius 1 is 1.60 bits per heavy atom. The molecular weight excluding hydrogens is 258 g/mol. The van der Waals surface area contributed by atoms with Crippen molar-refractivity contribution < 1.29 is 14.7 Å². The van der Waals surface area contributed by atoms with Gasteiger partial charge in [0.2, 0.25) is 5.91 Å². The summed E-state index contributed by atoms with van der Waals surface area (Å²) >= 11 is 0. The summed E-state index contributed by atoms with van der Waals surface area (Å²) in [4.78, 5) is 24.5. The van der Waals surface area contributed by atoms with E-state index < -0.39 is 11.9 Å². The zero-order valence-corrected chi connectivity index (χ0v) is 12.0. The summed E-state index contributed by atoms with van der Waals surface area (Å²) in [5, 5.41) is 13.5. The highest BCUT2D eigenvalue weighted by molar-refractivity contribution is 5.80. The van der Waals surface area contributed by atoms with Crippen LogP contribution in [0, 0.1) is 5.92 Å². The SMILES string of the molecule is CCC(C)n1ccc(CN2CC(C(=O)O)CCC2=O)n1. The van der Waals surface area contributed by atoms with E-state index >= 15 is 0 Å². The van der Waals surface area contributed by atoms with Crippen LogP contribution in [0.5, 0.6) is 0 Å². The topological polar surface area (TPSA) is 75.4 Å². The molecule has 0 bridgehead atoms. The van der Waals surface area contributed by atoms with Crippen LogP contribution in [-0.2, 0) is 16.1 Å². The van der Waals surface area contributed by atoms with Crippen LogP contribution < -0.4 is 0 Å². The minimum atomic E-state index is -0.826. The number of carbonyl (C=O) groups excluding carboxylic acids is 1. The van der Waals surface area contributed by atoms with Crippen molar-refractivity contribution in [3.63, 3.8) is 0 Å². The van der Waals surface area contributed by atoms with Gasteiger partial charge in [-0.3, -0.25) is 14.3 Å². The summed E-state index contributed by atoms with van der Waals surface area (Å²) in [6.07, 6.45) is 3.65. The first-order chi connectivity index (χ1) is 9.51. The smallest absolute Gasteiger partial charge is 0.308 e. The molecule has 0 aromatic carbocycles. The van der Waals surface area contributed by atoms with Crippen molar-refractivity contribution in [2.45, 2.75) is 45.7 Å². The molecule has 1 aliphatic heterocycles. The van der Waals surface area contributed by atoms with Gasteiger partial charge >= 0.3 is 5.97 Å². The largest absolute Gasteiger partial charge is 0.481 e. The standard InChI is InChI=1S/C14H21N3O3/c1-3-10(2)17-7-6-12(15-17)9-16-8-11(14(19)20)4-5-13(16)18/h6-7,10-11H,3-5,8-9H2,1-2H3,(H,19,20). The maximum Gasteiger partial charge on any atom is 0.308 e. The second-order valence-corrected chi connectivity index (χ2v) is 5.39. The average molecular weight is 279 g/mol. The molecule has 0 aliphatic carbocycles. The highest BCUT2D eigenvalue weighted by Crippen LogP contribution is 2.20. The Hall–Kier alpha value is -1.85. The molecular formula is C14H21N3O3. The molecule has 2 rings (SSSR count). The fourth-order valence-corrected chi connectivity index (χ4v) is 2.36. The summed E-state index contributed by atoms with van der Waals surface area (Å²) in [5.74, 6) is -1.27. The summed E-state index contributed by atoms with van der Waals surface area (Å²) < 4.78 is 1.89. The Bertz CT molecular complexity index is 498. The van der Waals surface area contributed by atoms with E-state index in [-0.39, 0.29) is 12.5 Å². The summed E-state index contributed by atoms with van der Waals surface area (Å²) in [7, 11) is 0. The third kappa shape index (κ3) is 3.18. The molecule has 1 N–H and O–H groups in total. The average Bonchev–Trinajstić information content (AvgIpc) is 2.88. The monoisotopic (exact) mass is 279 g/mol. The highest BCUT2D eigenvalue weighted by atomic mass is 16.4. The van der Waals surface area contributed by atoms with Crippen LogP contribution in [-0.4, -0.2) is 38.2 Å². The molecule has 0 spiro atoms. The minimum absolute atomic E-state index is 0.0144. The molecule has 1 fully saturated rings. The van der Waals surface area contributed by atoms with E-state index in [1.807, 2.05) is 16.9 Å². The van der Waals surface area contributed by atoms with Gasteiger partial charge < -0.3 is 10.0 Å². The van der Waals surface area contributed by atoms with Gasteiger partial charge in [-0.25, -0.2) is 0 Å². The van der Waals surface area contributed by atoms with E-state index in [2.05, 4.69) is 18.9 Å². The zero-order valence-electron chi connectivity index (χ0n) is 12.0. The lowest BCUT2D eigenvalue weighted by molar-refractivity contribution is -0.147. The summed E-state index contributed by atoms with van der Waals surface area (Å²) in [6.45, 7) is 4.86. The van der Waals surface area contributed by atoms with Gasteiger partial charge in [-0.05, 0) is 25.8 Å². The fourth-order valence-electron chi connectivity index (χ4n) is 2.36. The molecule has 1 aromatic rings. The molecule has 1 aliphatic rings. The highest BCUT2D eigenvalue weighted by Gasteiger charge is 2.30. The van der Waals surface area contributed by atoms with Gasteiger partial charge in [-0.2, -0.15) is 5.10 Å². The number of rotatable bonds is 5. The van der Waals surface area contributed by atoms with Crippen molar-refractivity contribution in [1.82, 2.24) is 14.7 Å². The molecule has 20 heavy (non-hydrogen) atoms. The van der Waals surface area contributed by atoms with Crippen LogP contribution in [0.3, 0.4) is 0 Å². The Balaban J connectivity index is 2.02. The number of hydrogen-bond donors (Lipinski definition) is 1. The van der Waals surface area contributed by atoms with E-state index in [4.69, 9.17) is 5.11 Å². The van der Waals surface area contributed by atoms with Crippen molar-refractivity contribution in [1.29, 1.82) is 0 Å². The molecule has 1 aromatic heterocycles. The molecule has 6 nitrogen and oxygen atoms in total. The van der Waals surface area contributed by atoms with E-state index in [0.29, 0.717) is 25.4 Å². The number of carboxylic acid groups (broad SMARTS) is 1. The number of carboxylic acids is 1. The lowest BCUT2D eigenvalue weighted by Crippen LogP contribution is -2.42. The van der Waals surface area contributed by atoms with E-state index in [9.17, 15) is 9.59 Å². The number of carbonyl (C=O) groups is 2. The van der Waals surface area contributed by atoms with Crippen molar-refractivity contribution >= 4 is 11.9 Å². The Morgan fingerprint density at radius 2 is 2.35 bits per heavy atom. The van der Waals surface area contributed by atoms with Gasteiger partial charge in [-0.15, -0.1) is 0 Å². The molecule has 0 radical (unpaired) electrons. The van der Waals surface area contributed by atoms with Gasteiger partial charge in [0.25, 0.3) is 0 Å². The van der Waals surface area contributed by atoms with Gasteiger partial charge in [0, 0.05) is 25.2 Å². The summed E-state index contributed by atoms with van der Waals surface area (Å²) in [6, 6.07) is 2.22. The first-order valence-electron chi connectivity index (χ1n) is 7.05. The normalized spacial score (nSPS) is 21.0. The second-order valence-electron chi connectivity index (χ2n) is 5.39.